The molecule has 1 spiro atoms. The van der Waals surface area contributed by atoms with Gasteiger partial charge in [-0.05, 0) is 37.0 Å². The maximum absolute atomic E-state index is 13.7. The van der Waals surface area contributed by atoms with Crippen LogP contribution in [-0.2, 0) is 37.8 Å². The van der Waals surface area contributed by atoms with Gasteiger partial charge in [-0.2, -0.15) is 0 Å². The van der Waals surface area contributed by atoms with Crippen LogP contribution in [-0.4, -0.2) is 66.7 Å². The number of anilines is 1. The summed E-state index contributed by atoms with van der Waals surface area (Å²) in [6.07, 6.45) is 6.27. The molecule has 2 N–H and O–H groups in total. The van der Waals surface area contributed by atoms with E-state index in [4.69, 9.17) is 9.72 Å². The molecular weight excluding hydrogens is 506 g/mol. The lowest BCUT2D eigenvalue weighted by molar-refractivity contribution is -0.0140. The quantitative estimate of drug-likeness (QED) is 0.410. The second kappa shape index (κ2) is 9.43. The first kappa shape index (κ1) is 25.3. The second-order valence-corrected chi connectivity index (χ2v) is 11.5. The molecule has 10 nitrogen and oxygen atoms in total. The van der Waals surface area contributed by atoms with Crippen LogP contribution in [0.2, 0.25) is 0 Å². The van der Waals surface area contributed by atoms with Crippen molar-refractivity contribution in [3.05, 3.63) is 82.8 Å². The number of hydrogen-bond donors (Lipinski definition) is 2. The number of aliphatic hydroxyl groups excluding tert-OH is 1. The number of benzene rings is 1. The summed E-state index contributed by atoms with van der Waals surface area (Å²) in [4.78, 5) is 27.0. The minimum atomic E-state index is -0.670. The molecule has 6 heterocycles. The fourth-order valence-electron chi connectivity index (χ4n) is 6.56. The van der Waals surface area contributed by atoms with Gasteiger partial charge in [0.15, 0.2) is 0 Å². The van der Waals surface area contributed by atoms with Gasteiger partial charge >= 0.3 is 0 Å². The molecule has 40 heavy (non-hydrogen) atoms. The van der Waals surface area contributed by atoms with E-state index in [2.05, 4.69) is 44.0 Å². The van der Waals surface area contributed by atoms with Crippen LogP contribution in [0, 0.1) is 0 Å². The smallest absolute Gasteiger partial charge is 0.274 e. The van der Waals surface area contributed by atoms with E-state index in [1.165, 1.54) is 16.8 Å². The van der Waals surface area contributed by atoms with Crippen LogP contribution in [0.4, 0.5) is 5.69 Å². The molecular formula is C30H35N7O3. The van der Waals surface area contributed by atoms with E-state index < -0.39 is 11.6 Å². The number of rotatable bonds is 4. The van der Waals surface area contributed by atoms with Gasteiger partial charge in [0.2, 0.25) is 0 Å². The van der Waals surface area contributed by atoms with Crippen molar-refractivity contribution in [2.45, 2.75) is 57.1 Å². The second-order valence-electron chi connectivity index (χ2n) is 11.5. The number of nitrogens with zero attached hydrogens (tertiary/aromatic N) is 6. The number of nitrogens with one attached hydrogen (secondary N) is 1. The molecule has 208 valence electrons. The summed E-state index contributed by atoms with van der Waals surface area (Å²) in [5, 5.41) is 14.9. The maximum Gasteiger partial charge on any atom is 0.274 e. The summed E-state index contributed by atoms with van der Waals surface area (Å²) in [7, 11) is 3.70. The lowest BCUT2D eigenvalue weighted by Crippen LogP contribution is -2.65. The maximum atomic E-state index is 13.7. The van der Waals surface area contributed by atoms with Crippen molar-refractivity contribution in [3.63, 3.8) is 0 Å². The zero-order valence-corrected chi connectivity index (χ0v) is 23.2. The van der Waals surface area contributed by atoms with Gasteiger partial charge in [0, 0.05) is 51.7 Å². The first-order chi connectivity index (χ1) is 19.3. The lowest BCUT2D eigenvalue weighted by atomic mass is 9.76. The summed E-state index contributed by atoms with van der Waals surface area (Å²) in [6.45, 7) is 5.05. The number of hydrogen-bond acceptors (Lipinski definition) is 7. The number of fused-ring (bicyclic) bond motifs is 3. The molecule has 7 rings (SSSR count). The molecule has 1 aromatic carbocycles. The first-order valence-corrected chi connectivity index (χ1v) is 13.9. The van der Waals surface area contributed by atoms with Gasteiger partial charge in [-0.3, -0.25) is 4.79 Å². The van der Waals surface area contributed by atoms with Crippen LogP contribution in [0.25, 0.3) is 5.65 Å². The van der Waals surface area contributed by atoms with Crippen LogP contribution >= 0.6 is 0 Å². The molecule has 3 aliphatic heterocycles. The van der Waals surface area contributed by atoms with E-state index in [-0.39, 0.29) is 18.6 Å². The van der Waals surface area contributed by atoms with Crippen molar-refractivity contribution in [2.24, 2.45) is 7.05 Å². The van der Waals surface area contributed by atoms with Crippen molar-refractivity contribution in [2.75, 3.05) is 25.1 Å². The average Bonchev–Trinajstić information content (AvgIpc) is 3.69. The number of imidazole rings is 2. The Morgan fingerprint density at radius 2 is 2.05 bits per heavy atom. The number of likely N-dealkylation sites (tertiary alicyclic amines) is 1. The van der Waals surface area contributed by atoms with Gasteiger partial charge in [0.25, 0.3) is 5.91 Å². The number of carbonyl (C=O) groups excluding carboxylic acids is 1. The van der Waals surface area contributed by atoms with Gasteiger partial charge in [-0.1, -0.05) is 24.3 Å². The summed E-state index contributed by atoms with van der Waals surface area (Å²) < 4.78 is 9.70. The molecule has 4 aromatic rings. The molecule has 0 unspecified atom stereocenters. The van der Waals surface area contributed by atoms with E-state index in [0.717, 1.165) is 43.0 Å². The van der Waals surface area contributed by atoms with Crippen molar-refractivity contribution in [1.29, 1.82) is 0 Å². The number of ether oxygens (including phenoxy) is 1. The molecule has 0 radical (unpaired) electrons. The SMILES string of the molecule is CO[C@H](C)c1cc(N2Cc3ncn(C)c3C2)cn2cc(C(=O)N3CC[C@]4(Cc5ccccc5CN4)[C@H](O)C3)nc12. The van der Waals surface area contributed by atoms with Gasteiger partial charge in [-0.25, -0.2) is 9.97 Å². The van der Waals surface area contributed by atoms with E-state index >= 15 is 0 Å². The van der Waals surface area contributed by atoms with Gasteiger partial charge in [0.05, 0.1) is 54.2 Å². The Morgan fingerprint density at radius 3 is 2.83 bits per heavy atom. The Bertz CT molecular complexity index is 1610. The fourth-order valence-corrected chi connectivity index (χ4v) is 6.56. The molecule has 10 heteroatoms. The third kappa shape index (κ3) is 4.01. The van der Waals surface area contributed by atoms with Crippen molar-refractivity contribution in [3.8, 4) is 0 Å². The number of methoxy groups -OCH3 is 1. The predicted molar refractivity (Wildman–Crippen MR) is 150 cm³/mol. The van der Waals surface area contributed by atoms with Gasteiger partial charge in [-0.15, -0.1) is 0 Å². The number of aromatic nitrogens is 4. The van der Waals surface area contributed by atoms with Crippen molar-refractivity contribution in [1.82, 2.24) is 29.2 Å². The Kier molecular flexibility index (Phi) is 5.95. The molecule has 3 atom stereocenters. The number of piperidine rings is 1. The standard InChI is InChI=1S/C30H35N7O3/c1-19(40-3)23-10-22(36-14-24-26(16-36)34(2)18-31-24)13-37-15-25(33-28(23)37)29(39)35-9-8-30(27(38)17-35)11-20-6-4-5-7-21(20)12-32-30/h4-7,10,13,15,18-19,27,32,38H,8-9,11-12,14,16-17H2,1-3H3/t19-,27-,30+/m1/s1. The van der Waals surface area contributed by atoms with Crippen LogP contribution < -0.4 is 10.2 Å². The number of β-amino-alcohol motifs (C(OH)–C–C–N with tert-alkyl or cyclic N) is 1. The Hall–Kier alpha value is -3.73. The van der Waals surface area contributed by atoms with Gasteiger partial charge in [0.1, 0.15) is 11.3 Å². The number of pyridine rings is 1. The molecule has 0 aliphatic carbocycles. The first-order valence-electron chi connectivity index (χ1n) is 13.9. The van der Waals surface area contributed by atoms with E-state index in [1.807, 2.05) is 37.0 Å². The molecule has 0 bridgehead atoms. The highest BCUT2D eigenvalue weighted by atomic mass is 16.5. The number of carbonyl (C=O) groups is 1. The van der Waals surface area contributed by atoms with Gasteiger partial charge < -0.3 is 33.9 Å². The van der Waals surface area contributed by atoms with E-state index in [9.17, 15) is 9.90 Å². The summed E-state index contributed by atoms with van der Waals surface area (Å²) in [5.74, 6) is -0.163. The zero-order chi connectivity index (χ0) is 27.6. The molecule has 1 saturated heterocycles. The normalized spacial score (nSPS) is 23.1. The molecule has 0 saturated carbocycles. The predicted octanol–water partition coefficient (Wildman–Crippen LogP) is 2.59. The van der Waals surface area contributed by atoms with E-state index in [0.29, 0.717) is 24.3 Å². The Labute approximate surface area is 233 Å². The van der Waals surface area contributed by atoms with Crippen molar-refractivity contribution >= 4 is 17.2 Å². The summed E-state index contributed by atoms with van der Waals surface area (Å²) in [5.41, 5.74) is 7.45. The van der Waals surface area contributed by atoms with Crippen LogP contribution in [0.5, 0.6) is 0 Å². The zero-order valence-electron chi connectivity index (χ0n) is 23.2. The lowest BCUT2D eigenvalue weighted by Gasteiger charge is -2.48. The third-order valence-corrected chi connectivity index (χ3v) is 9.17. The number of aliphatic hydroxyl groups is 1. The topological polar surface area (TPSA) is 100 Å². The monoisotopic (exact) mass is 541 g/mol. The minimum Gasteiger partial charge on any atom is -0.389 e. The van der Waals surface area contributed by atoms with Crippen LogP contribution in [0.3, 0.4) is 0 Å². The molecule has 3 aromatic heterocycles. The molecule has 3 aliphatic rings. The number of amides is 1. The Balaban J connectivity index is 1.14. The largest absolute Gasteiger partial charge is 0.389 e. The average molecular weight is 542 g/mol. The van der Waals surface area contributed by atoms with Crippen LogP contribution in [0.1, 0.15) is 58.0 Å². The summed E-state index contributed by atoms with van der Waals surface area (Å²) in [6, 6.07) is 10.5. The van der Waals surface area contributed by atoms with Crippen molar-refractivity contribution < 1.29 is 14.6 Å². The Morgan fingerprint density at radius 1 is 1.23 bits per heavy atom. The fraction of sp³-hybridized carbons (Fsp3) is 0.433. The molecule has 1 amide bonds. The highest BCUT2D eigenvalue weighted by Gasteiger charge is 2.45. The van der Waals surface area contributed by atoms with E-state index in [1.54, 1.807) is 18.2 Å². The minimum absolute atomic E-state index is 0.163. The third-order valence-electron chi connectivity index (χ3n) is 9.17. The number of aryl methyl sites for hydroxylation is 1. The van der Waals surface area contributed by atoms with Crippen LogP contribution in [0.15, 0.2) is 49.1 Å². The highest BCUT2D eigenvalue weighted by molar-refractivity contribution is 5.93. The summed E-state index contributed by atoms with van der Waals surface area (Å²) >= 11 is 0. The molecule has 1 fully saturated rings. The highest BCUT2D eigenvalue weighted by Crippen LogP contribution is 2.34.